The highest BCUT2D eigenvalue weighted by Crippen LogP contribution is 2.29. The van der Waals surface area contributed by atoms with Gasteiger partial charge in [-0.3, -0.25) is 4.79 Å². The molecule has 0 aliphatic heterocycles. The summed E-state index contributed by atoms with van der Waals surface area (Å²) in [5.74, 6) is -0.672. The van der Waals surface area contributed by atoms with Crippen LogP contribution in [0.2, 0.25) is 0 Å². The maximum Gasteiger partial charge on any atom is 0.192 e. The highest BCUT2D eigenvalue weighted by atomic mass is 16.4. The Balaban J connectivity index is 0.00000144. The van der Waals surface area contributed by atoms with Crippen LogP contribution in [0, 0.1) is 0 Å². The van der Waals surface area contributed by atoms with E-state index < -0.39 is 24.1 Å². The lowest BCUT2D eigenvalue weighted by molar-refractivity contribution is -0.159. The summed E-state index contributed by atoms with van der Waals surface area (Å²) in [4.78, 5) is 11.0. The SMILES string of the molecule is C.O=C(CO)C1(O)CCCCC1O. The van der Waals surface area contributed by atoms with Crippen molar-refractivity contribution < 1.29 is 20.1 Å². The molecule has 0 heterocycles. The Bertz CT molecular complexity index is 180. The molecule has 0 bridgehead atoms. The van der Waals surface area contributed by atoms with Crippen molar-refractivity contribution in [2.24, 2.45) is 0 Å². The van der Waals surface area contributed by atoms with Crippen LogP contribution in [0.1, 0.15) is 33.1 Å². The van der Waals surface area contributed by atoms with E-state index in [0.29, 0.717) is 6.42 Å². The zero-order valence-electron chi connectivity index (χ0n) is 6.86. The molecule has 0 aromatic heterocycles. The molecule has 0 aromatic carbocycles. The third-order valence-corrected chi connectivity index (χ3v) is 2.46. The maximum absolute atomic E-state index is 11.0. The van der Waals surface area contributed by atoms with Crippen molar-refractivity contribution in [3.63, 3.8) is 0 Å². The first-order valence-corrected chi connectivity index (χ1v) is 4.16. The van der Waals surface area contributed by atoms with Gasteiger partial charge in [0.05, 0.1) is 6.10 Å². The molecule has 2 atom stereocenters. The Labute approximate surface area is 78.2 Å². The van der Waals surface area contributed by atoms with E-state index >= 15 is 0 Å². The van der Waals surface area contributed by atoms with Crippen LogP contribution in [-0.2, 0) is 4.79 Å². The predicted octanol–water partition coefficient (Wildman–Crippen LogP) is -0.150. The van der Waals surface area contributed by atoms with Crippen molar-refractivity contribution in [2.45, 2.75) is 44.8 Å². The van der Waals surface area contributed by atoms with Crippen LogP contribution in [0.5, 0.6) is 0 Å². The van der Waals surface area contributed by atoms with Gasteiger partial charge in [0.15, 0.2) is 11.4 Å². The zero-order valence-corrected chi connectivity index (χ0v) is 6.86. The summed E-state index contributed by atoms with van der Waals surface area (Å²) in [6, 6.07) is 0. The number of carbonyl (C=O) groups is 1. The molecule has 13 heavy (non-hydrogen) atoms. The summed E-state index contributed by atoms with van der Waals surface area (Å²) >= 11 is 0. The first kappa shape index (κ1) is 12.6. The van der Waals surface area contributed by atoms with E-state index in [2.05, 4.69) is 0 Å². The van der Waals surface area contributed by atoms with Gasteiger partial charge >= 0.3 is 0 Å². The minimum absolute atomic E-state index is 0. The van der Waals surface area contributed by atoms with Gasteiger partial charge < -0.3 is 15.3 Å². The fourth-order valence-corrected chi connectivity index (χ4v) is 1.60. The normalized spacial score (nSPS) is 33.6. The van der Waals surface area contributed by atoms with E-state index in [1.165, 1.54) is 0 Å². The highest BCUT2D eigenvalue weighted by Gasteiger charge is 2.43. The third kappa shape index (κ3) is 2.27. The molecule has 2 unspecified atom stereocenters. The van der Waals surface area contributed by atoms with E-state index in [4.69, 9.17) is 5.11 Å². The molecule has 78 valence electrons. The van der Waals surface area contributed by atoms with Crippen LogP contribution in [-0.4, -0.2) is 39.4 Å². The second-order valence-corrected chi connectivity index (χ2v) is 3.27. The van der Waals surface area contributed by atoms with Crippen molar-refractivity contribution in [2.75, 3.05) is 6.61 Å². The van der Waals surface area contributed by atoms with Crippen LogP contribution in [0.25, 0.3) is 0 Å². The minimum Gasteiger partial charge on any atom is -0.390 e. The number of Topliss-reactive ketones (excluding diaryl/α,β-unsaturated/α-hetero) is 1. The molecular formula is C9H18O4. The largest absolute Gasteiger partial charge is 0.390 e. The Kier molecular flexibility index (Phi) is 4.53. The van der Waals surface area contributed by atoms with Crippen molar-refractivity contribution in [1.29, 1.82) is 0 Å². The van der Waals surface area contributed by atoms with E-state index in [-0.39, 0.29) is 13.8 Å². The lowest BCUT2D eigenvalue weighted by atomic mass is 9.79. The first-order valence-electron chi connectivity index (χ1n) is 4.16. The first-order chi connectivity index (χ1) is 5.61. The number of hydrogen-bond donors (Lipinski definition) is 3. The monoisotopic (exact) mass is 190 g/mol. The van der Waals surface area contributed by atoms with Crippen molar-refractivity contribution in [3.05, 3.63) is 0 Å². The Hall–Kier alpha value is -0.450. The number of aliphatic hydroxyl groups excluding tert-OH is 2. The van der Waals surface area contributed by atoms with Crippen LogP contribution < -0.4 is 0 Å². The molecule has 0 spiro atoms. The van der Waals surface area contributed by atoms with Gasteiger partial charge in [-0.05, 0) is 19.3 Å². The van der Waals surface area contributed by atoms with Crippen LogP contribution in [0.4, 0.5) is 0 Å². The number of rotatable bonds is 2. The molecule has 1 aliphatic rings. The summed E-state index contributed by atoms with van der Waals surface area (Å²) in [7, 11) is 0. The van der Waals surface area contributed by atoms with Gasteiger partial charge in [-0.15, -0.1) is 0 Å². The van der Waals surface area contributed by atoms with E-state index in [0.717, 1.165) is 12.8 Å². The molecule has 0 amide bonds. The smallest absolute Gasteiger partial charge is 0.192 e. The molecule has 1 aliphatic carbocycles. The lowest BCUT2D eigenvalue weighted by Gasteiger charge is -2.34. The molecule has 4 nitrogen and oxygen atoms in total. The molecule has 4 heteroatoms. The van der Waals surface area contributed by atoms with Crippen LogP contribution in [0.3, 0.4) is 0 Å². The quantitative estimate of drug-likeness (QED) is 0.566. The Morgan fingerprint density at radius 3 is 2.54 bits per heavy atom. The molecule has 3 N–H and O–H groups in total. The van der Waals surface area contributed by atoms with Gasteiger partial charge in [-0.25, -0.2) is 0 Å². The second kappa shape index (κ2) is 4.69. The van der Waals surface area contributed by atoms with Gasteiger partial charge in [-0.1, -0.05) is 13.8 Å². The minimum atomic E-state index is -1.69. The number of aliphatic hydroxyl groups is 3. The fraction of sp³-hybridized carbons (Fsp3) is 0.889. The maximum atomic E-state index is 11.0. The average molecular weight is 190 g/mol. The number of ketones is 1. The lowest BCUT2D eigenvalue weighted by Crippen LogP contribution is -2.52. The van der Waals surface area contributed by atoms with Gasteiger partial charge in [0.1, 0.15) is 6.61 Å². The standard InChI is InChI=1S/C8H14O4.CH4/c9-5-7(11)8(12)4-2-1-3-6(8)10;/h6,9-10,12H,1-5H2;1H4. The molecule has 0 saturated heterocycles. The van der Waals surface area contributed by atoms with Crippen molar-refractivity contribution in [3.8, 4) is 0 Å². The van der Waals surface area contributed by atoms with Gasteiger partial charge in [0.25, 0.3) is 0 Å². The van der Waals surface area contributed by atoms with Crippen molar-refractivity contribution >= 4 is 5.78 Å². The zero-order chi connectivity index (χ0) is 9.19. The molecule has 1 saturated carbocycles. The predicted molar refractivity (Wildman–Crippen MR) is 48.2 cm³/mol. The van der Waals surface area contributed by atoms with Gasteiger partial charge in [0.2, 0.25) is 0 Å². The summed E-state index contributed by atoms with van der Waals surface area (Å²) in [6.07, 6.45) is 1.22. The van der Waals surface area contributed by atoms with Crippen molar-refractivity contribution in [1.82, 2.24) is 0 Å². The average Bonchev–Trinajstić information content (AvgIpc) is 2.09. The summed E-state index contributed by atoms with van der Waals surface area (Å²) in [6.45, 7) is -0.701. The molecule has 0 aromatic rings. The highest BCUT2D eigenvalue weighted by molar-refractivity contribution is 5.88. The summed E-state index contributed by atoms with van der Waals surface area (Å²) < 4.78 is 0. The molecule has 1 rings (SSSR count). The van der Waals surface area contributed by atoms with Crippen LogP contribution >= 0.6 is 0 Å². The van der Waals surface area contributed by atoms with E-state index in [1.54, 1.807) is 0 Å². The van der Waals surface area contributed by atoms with Gasteiger partial charge in [-0.2, -0.15) is 0 Å². The second-order valence-electron chi connectivity index (χ2n) is 3.27. The molecule has 1 fully saturated rings. The van der Waals surface area contributed by atoms with E-state index in [9.17, 15) is 15.0 Å². The molecular weight excluding hydrogens is 172 g/mol. The Morgan fingerprint density at radius 2 is 2.08 bits per heavy atom. The van der Waals surface area contributed by atoms with Crippen LogP contribution in [0.15, 0.2) is 0 Å². The third-order valence-electron chi connectivity index (χ3n) is 2.46. The Morgan fingerprint density at radius 1 is 1.46 bits per heavy atom. The number of hydrogen-bond acceptors (Lipinski definition) is 4. The fourth-order valence-electron chi connectivity index (χ4n) is 1.60. The van der Waals surface area contributed by atoms with E-state index in [1.807, 2.05) is 0 Å². The molecule has 0 radical (unpaired) electrons. The summed E-state index contributed by atoms with van der Waals surface area (Å²) in [5, 5.41) is 27.5. The van der Waals surface area contributed by atoms with Gasteiger partial charge in [0, 0.05) is 0 Å². The number of carbonyl (C=O) groups excluding carboxylic acids is 1. The topological polar surface area (TPSA) is 77.8 Å². The summed E-state index contributed by atoms with van der Waals surface area (Å²) in [5.41, 5.74) is -1.69.